The lowest BCUT2D eigenvalue weighted by atomic mass is 10.1. The van der Waals surface area contributed by atoms with Gasteiger partial charge in [0, 0.05) is 41.0 Å². The first-order valence-electron chi connectivity index (χ1n) is 9.39. The van der Waals surface area contributed by atoms with Gasteiger partial charge in [-0.3, -0.25) is 9.59 Å². The molecule has 0 bridgehead atoms. The first kappa shape index (κ1) is 19.8. The van der Waals surface area contributed by atoms with Gasteiger partial charge in [0.1, 0.15) is 12.4 Å². The highest BCUT2D eigenvalue weighted by Gasteiger charge is 2.18. The number of nitrogens with zero attached hydrogens (tertiary/aromatic N) is 4. The maximum atomic E-state index is 12.5. The number of hydrogen-bond acceptors (Lipinski definition) is 4. The average Bonchev–Trinajstić information content (AvgIpc) is 2.94. The largest absolute Gasteiger partial charge is 0.325 e. The molecule has 0 unspecified atom stereocenters. The highest BCUT2D eigenvalue weighted by molar-refractivity contribution is 9.10. The molecular weight excluding hydrogens is 458 g/mol. The molecule has 4 rings (SSSR count). The van der Waals surface area contributed by atoms with Gasteiger partial charge in [-0.2, -0.15) is 0 Å². The zero-order valence-corrected chi connectivity index (χ0v) is 17.9. The molecule has 3 aromatic rings. The van der Waals surface area contributed by atoms with Crippen molar-refractivity contribution in [3.05, 3.63) is 62.2 Å². The van der Waals surface area contributed by atoms with Crippen LogP contribution >= 0.6 is 27.5 Å². The molecule has 0 radical (unpaired) electrons. The Hall–Kier alpha value is -2.45. The summed E-state index contributed by atoms with van der Waals surface area (Å²) in [6, 6.07) is 8.31. The minimum absolute atomic E-state index is 0.0867. The molecule has 1 aromatic carbocycles. The quantitative estimate of drug-likeness (QED) is 0.619. The fourth-order valence-corrected chi connectivity index (χ4v) is 4.02. The van der Waals surface area contributed by atoms with Gasteiger partial charge >= 0.3 is 0 Å². The van der Waals surface area contributed by atoms with Crippen molar-refractivity contribution in [3.63, 3.8) is 0 Å². The molecule has 9 heteroatoms. The maximum absolute atomic E-state index is 12.5. The van der Waals surface area contributed by atoms with Crippen LogP contribution in [0, 0.1) is 0 Å². The van der Waals surface area contributed by atoms with Crippen LogP contribution in [0.1, 0.15) is 25.1 Å². The van der Waals surface area contributed by atoms with Crippen molar-refractivity contribution >= 4 is 39.1 Å². The summed E-state index contributed by atoms with van der Waals surface area (Å²) in [7, 11) is 0. The molecule has 1 aliphatic rings. The van der Waals surface area contributed by atoms with Crippen molar-refractivity contribution in [3.8, 4) is 11.4 Å². The van der Waals surface area contributed by atoms with Gasteiger partial charge in [-0.05, 0) is 53.0 Å². The summed E-state index contributed by atoms with van der Waals surface area (Å²) in [4.78, 5) is 24.4. The first-order chi connectivity index (χ1) is 14.0. The summed E-state index contributed by atoms with van der Waals surface area (Å²) < 4.78 is 4.18. The number of carbonyl (C=O) groups is 1. The van der Waals surface area contributed by atoms with E-state index in [9.17, 15) is 9.59 Å². The summed E-state index contributed by atoms with van der Waals surface area (Å²) in [5, 5.41) is 12.0. The molecule has 0 saturated heterocycles. The van der Waals surface area contributed by atoms with E-state index in [0.717, 1.165) is 41.7 Å². The normalized spacial score (nSPS) is 13.6. The zero-order valence-electron chi connectivity index (χ0n) is 15.6. The fourth-order valence-electron chi connectivity index (χ4n) is 3.44. The van der Waals surface area contributed by atoms with Gasteiger partial charge in [-0.15, -0.1) is 10.2 Å². The third-order valence-corrected chi connectivity index (χ3v) is 5.66. The molecule has 0 atom stereocenters. The van der Waals surface area contributed by atoms with E-state index in [4.69, 9.17) is 11.6 Å². The Labute approximate surface area is 180 Å². The molecule has 1 N–H and O–H groups in total. The number of amides is 1. The van der Waals surface area contributed by atoms with Crippen LogP contribution in [0.15, 0.2) is 45.8 Å². The molecule has 2 aromatic heterocycles. The predicted molar refractivity (Wildman–Crippen MR) is 115 cm³/mol. The summed E-state index contributed by atoms with van der Waals surface area (Å²) in [5.41, 5.74) is 1.07. The molecule has 7 nitrogen and oxygen atoms in total. The lowest BCUT2D eigenvalue weighted by Gasteiger charge is -2.12. The number of halogens is 2. The Balaban J connectivity index is 1.58. The number of carbonyl (C=O) groups excluding carboxylic acids is 1. The van der Waals surface area contributed by atoms with E-state index in [0.29, 0.717) is 16.5 Å². The van der Waals surface area contributed by atoms with Crippen molar-refractivity contribution in [2.24, 2.45) is 0 Å². The van der Waals surface area contributed by atoms with Gasteiger partial charge in [-0.25, -0.2) is 0 Å². The second-order valence-corrected chi connectivity index (χ2v) is 8.28. The Kier molecular flexibility index (Phi) is 5.82. The van der Waals surface area contributed by atoms with Crippen LogP contribution in [0.25, 0.3) is 11.4 Å². The van der Waals surface area contributed by atoms with Crippen LogP contribution < -0.4 is 10.9 Å². The summed E-state index contributed by atoms with van der Waals surface area (Å²) in [6.07, 6.45) is 5.84. The van der Waals surface area contributed by atoms with Gasteiger partial charge in [0.05, 0.1) is 5.02 Å². The molecule has 0 fully saturated rings. The molecule has 0 saturated carbocycles. The number of aryl methyl sites for hydroxylation is 1. The van der Waals surface area contributed by atoms with Crippen molar-refractivity contribution in [1.29, 1.82) is 0 Å². The van der Waals surface area contributed by atoms with Crippen LogP contribution in [0.3, 0.4) is 0 Å². The third-order valence-electron chi connectivity index (χ3n) is 4.86. The SMILES string of the molecule is O=C(Cn1cc(Br)ccc1=O)Nc1ccc(Cl)c(-c2nnc3n2CCCCC3)c1. The van der Waals surface area contributed by atoms with E-state index >= 15 is 0 Å². The topological polar surface area (TPSA) is 81.8 Å². The molecule has 1 aliphatic heterocycles. The van der Waals surface area contributed by atoms with Crippen LogP contribution in [0.4, 0.5) is 5.69 Å². The highest BCUT2D eigenvalue weighted by Crippen LogP contribution is 2.31. The molecule has 0 spiro atoms. The first-order valence-corrected chi connectivity index (χ1v) is 10.6. The lowest BCUT2D eigenvalue weighted by Crippen LogP contribution is -2.26. The molecule has 0 aliphatic carbocycles. The van der Waals surface area contributed by atoms with Crippen molar-refractivity contribution in [1.82, 2.24) is 19.3 Å². The van der Waals surface area contributed by atoms with Gasteiger partial charge in [0.15, 0.2) is 5.82 Å². The van der Waals surface area contributed by atoms with E-state index in [-0.39, 0.29) is 18.0 Å². The van der Waals surface area contributed by atoms with Gasteiger partial charge in [0.2, 0.25) is 5.91 Å². The van der Waals surface area contributed by atoms with E-state index < -0.39 is 0 Å². The predicted octanol–water partition coefficient (Wildman–Crippen LogP) is 3.89. The Morgan fingerprint density at radius 3 is 2.90 bits per heavy atom. The minimum atomic E-state index is -0.307. The lowest BCUT2D eigenvalue weighted by molar-refractivity contribution is -0.116. The van der Waals surface area contributed by atoms with E-state index in [1.807, 2.05) is 0 Å². The third kappa shape index (κ3) is 4.43. The number of benzene rings is 1. The Bertz CT molecular complexity index is 1120. The summed E-state index contributed by atoms with van der Waals surface area (Å²) >= 11 is 9.74. The van der Waals surface area contributed by atoms with Crippen molar-refractivity contribution in [2.45, 2.75) is 38.8 Å². The van der Waals surface area contributed by atoms with Crippen molar-refractivity contribution in [2.75, 3.05) is 5.32 Å². The molecular formula is C20H19BrClN5O2. The standard InChI is InChI=1S/C20H19BrClN5O2/c21-13-5-8-19(29)26(11-13)12-18(28)23-14-6-7-16(22)15(10-14)20-25-24-17-4-2-1-3-9-27(17)20/h5-8,10-11H,1-4,9,12H2,(H,23,28). The molecule has 29 heavy (non-hydrogen) atoms. The van der Waals surface area contributed by atoms with Crippen LogP contribution in [-0.2, 0) is 24.3 Å². The highest BCUT2D eigenvalue weighted by atomic mass is 79.9. The smallest absolute Gasteiger partial charge is 0.251 e. The monoisotopic (exact) mass is 475 g/mol. The second-order valence-electron chi connectivity index (χ2n) is 6.96. The number of anilines is 1. The summed E-state index contributed by atoms with van der Waals surface area (Å²) in [5.74, 6) is 1.38. The zero-order chi connectivity index (χ0) is 20.4. The number of fused-ring (bicyclic) bond motifs is 1. The van der Waals surface area contributed by atoms with Gasteiger partial charge in [0.25, 0.3) is 5.56 Å². The van der Waals surface area contributed by atoms with Crippen LogP contribution in [0.2, 0.25) is 5.02 Å². The molecule has 150 valence electrons. The maximum Gasteiger partial charge on any atom is 0.251 e. The van der Waals surface area contributed by atoms with E-state index in [1.165, 1.54) is 17.1 Å². The summed E-state index contributed by atoms with van der Waals surface area (Å²) in [6.45, 7) is 0.771. The molecule has 1 amide bonds. The number of aromatic nitrogens is 4. The minimum Gasteiger partial charge on any atom is -0.325 e. The molecule has 3 heterocycles. The van der Waals surface area contributed by atoms with E-state index in [2.05, 4.69) is 36.0 Å². The average molecular weight is 477 g/mol. The number of rotatable bonds is 4. The van der Waals surface area contributed by atoms with Gasteiger partial charge in [-0.1, -0.05) is 18.0 Å². The van der Waals surface area contributed by atoms with E-state index in [1.54, 1.807) is 30.5 Å². The fraction of sp³-hybridized carbons (Fsp3) is 0.300. The number of hydrogen-bond donors (Lipinski definition) is 1. The number of pyridine rings is 1. The number of nitrogens with one attached hydrogen (secondary N) is 1. The Morgan fingerprint density at radius 2 is 2.03 bits per heavy atom. The van der Waals surface area contributed by atoms with Crippen molar-refractivity contribution < 1.29 is 4.79 Å². The van der Waals surface area contributed by atoms with Crippen LogP contribution in [0.5, 0.6) is 0 Å². The van der Waals surface area contributed by atoms with Gasteiger partial charge < -0.3 is 14.5 Å². The Morgan fingerprint density at radius 1 is 1.17 bits per heavy atom. The van der Waals surface area contributed by atoms with Crippen LogP contribution in [-0.4, -0.2) is 25.2 Å². The second kappa shape index (κ2) is 8.51.